The minimum Gasteiger partial charge on any atom is -0.383 e. The maximum Gasteiger partial charge on any atom is 0.0949 e. The molecule has 1 aromatic rings. The molecule has 1 N–H and O–H groups in total. The molecule has 0 saturated carbocycles. The number of hydrogen-bond donors (Lipinski definition) is 1. The van der Waals surface area contributed by atoms with Crippen LogP contribution >= 0.6 is 0 Å². The van der Waals surface area contributed by atoms with Crippen LogP contribution in [-0.2, 0) is 17.8 Å². The predicted molar refractivity (Wildman–Crippen MR) is 60.7 cm³/mol. The molecule has 0 bridgehead atoms. The number of ether oxygens (including phenoxy) is 1. The average molecular weight is 211 g/mol. The van der Waals surface area contributed by atoms with Crippen molar-refractivity contribution in [2.45, 2.75) is 32.9 Å². The van der Waals surface area contributed by atoms with E-state index in [-0.39, 0.29) is 0 Å². The van der Waals surface area contributed by atoms with Crippen molar-refractivity contribution in [3.05, 3.63) is 18.2 Å². The van der Waals surface area contributed by atoms with Crippen LogP contribution in [0.15, 0.2) is 12.5 Å². The Bertz CT molecular complexity index is 260. The van der Waals surface area contributed by atoms with Gasteiger partial charge in [-0.2, -0.15) is 0 Å². The smallest absolute Gasteiger partial charge is 0.0949 e. The van der Waals surface area contributed by atoms with E-state index >= 15 is 0 Å². The third-order valence-electron chi connectivity index (χ3n) is 2.25. The number of nitrogens with zero attached hydrogens (tertiary/aromatic N) is 2. The molecule has 0 atom stereocenters. The topological polar surface area (TPSA) is 39.1 Å². The lowest BCUT2D eigenvalue weighted by molar-refractivity contribution is 0.199. The summed E-state index contributed by atoms with van der Waals surface area (Å²) in [5.41, 5.74) is 1.10. The standard InChI is InChI=1S/C11H21N3O/c1-3-4-6-14-9-11(13-10-14)8-12-5-7-15-2/h9-10,12H,3-8H2,1-2H3. The maximum absolute atomic E-state index is 4.95. The van der Waals surface area contributed by atoms with Crippen molar-refractivity contribution in [1.82, 2.24) is 14.9 Å². The highest BCUT2D eigenvalue weighted by atomic mass is 16.5. The number of aryl methyl sites for hydroxylation is 1. The first-order valence-corrected chi connectivity index (χ1v) is 5.57. The lowest BCUT2D eigenvalue weighted by Crippen LogP contribution is -2.18. The second-order valence-corrected chi connectivity index (χ2v) is 3.63. The van der Waals surface area contributed by atoms with Gasteiger partial charge in [-0.25, -0.2) is 4.98 Å². The minimum atomic E-state index is 0.747. The number of rotatable bonds is 8. The van der Waals surface area contributed by atoms with E-state index in [4.69, 9.17) is 4.74 Å². The third-order valence-corrected chi connectivity index (χ3v) is 2.25. The zero-order valence-electron chi connectivity index (χ0n) is 9.70. The highest BCUT2D eigenvalue weighted by Crippen LogP contribution is 1.98. The van der Waals surface area contributed by atoms with Gasteiger partial charge in [0.15, 0.2) is 0 Å². The van der Waals surface area contributed by atoms with Crippen molar-refractivity contribution in [1.29, 1.82) is 0 Å². The van der Waals surface area contributed by atoms with Gasteiger partial charge in [-0.1, -0.05) is 13.3 Å². The fraction of sp³-hybridized carbons (Fsp3) is 0.727. The van der Waals surface area contributed by atoms with Crippen LogP contribution in [0.3, 0.4) is 0 Å². The Kier molecular flexibility index (Phi) is 6.04. The van der Waals surface area contributed by atoms with Crippen molar-refractivity contribution in [2.75, 3.05) is 20.3 Å². The summed E-state index contributed by atoms with van der Waals surface area (Å²) in [5, 5.41) is 3.27. The minimum absolute atomic E-state index is 0.747. The van der Waals surface area contributed by atoms with Crippen molar-refractivity contribution in [2.24, 2.45) is 0 Å². The van der Waals surface area contributed by atoms with E-state index < -0.39 is 0 Å². The summed E-state index contributed by atoms with van der Waals surface area (Å²) >= 11 is 0. The third kappa shape index (κ3) is 4.95. The molecule has 1 aromatic heterocycles. The largest absolute Gasteiger partial charge is 0.383 e. The zero-order chi connectivity index (χ0) is 10.9. The normalized spacial score (nSPS) is 10.8. The van der Waals surface area contributed by atoms with Crippen molar-refractivity contribution < 1.29 is 4.74 Å². The first-order chi connectivity index (χ1) is 7.36. The molecule has 0 saturated heterocycles. The van der Waals surface area contributed by atoms with Gasteiger partial charge in [0.2, 0.25) is 0 Å². The molecule has 0 radical (unpaired) electrons. The summed E-state index contributed by atoms with van der Waals surface area (Å²) < 4.78 is 7.10. The van der Waals surface area contributed by atoms with Gasteiger partial charge in [-0.05, 0) is 6.42 Å². The van der Waals surface area contributed by atoms with Crippen LogP contribution < -0.4 is 5.32 Å². The summed E-state index contributed by atoms with van der Waals surface area (Å²) in [6, 6.07) is 0. The van der Waals surface area contributed by atoms with Gasteiger partial charge >= 0.3 is 0 Å². The molecule has 0 spiro atoms. The van der Waals surface area contributed by atoms with Crippen LogP contribution in [0.4, 0.5) is 0 Å². The van der Waals surface area contributed by atoms with Gasteiger partial charge in [0.05, 0.1) is 18.6 Å². The van der Waals surface area contributed by atoms with Gasteiger partial charge < -0.3 is 14.6 Å². The first-order valence-electron chi connectivity index (χ1n) is 5.57. The van der Waals surface area contributed by atoms with E-state index in [1.165, 1.54) is 12.8 Å². The molecule has 4 nitrogen and oxygen atoms in total. The SMILES string of the molecule is CCCCn1cnc(CNCCOC)c1. The van der Waals surface area contributed by atoms with Crippen LogP contribution in [0.5, 0.6) is 0 Å². The zero-order valence-corrected chi connectivity index (χ0v) is 9.70. The van der Waals surface area contributed by atoms with Crippen molar-refractivity contribution in [3.8, 4) is 0 Å². The molecule has 0 aliphatic heterocycles. The fourth-order valence-corrected chi connectivity index (χ4v) is 1.35. The van der Waals surface area contributed by atoms with Crippen molar-refractivity contribution in [3.63, 3.8) is 0 Å². The second-order valence-electron chi connectivity index (χ2n) is 3.63. The van der Waals surface area contributed by atoms with Gasteiger partial charge in [0, 0.05) is 32.9 Å². The maximum atomic E-state index is 4.95. The summed E-state index contributed by atoms with van der Waals surface area (Å²) in [6.07, 6.45) is 6.45. The summed E-state index contributed by atoms with van der Waals surface area (Å²) in [4.78, 5) is 4.33. The molecule has 15 heavy (non-hydrogen) atoms. The predicted octanol–water partition coefficient (Wildman–Crippen LogP) is 1.42. The molecule has 4 heteroatoms. The molecule has 0 amide bonds. The number of unbranched alkanes of at least 4 members (excludes halogenated alkanes) is 1. The van der Waals surface area contributed by atoms with E-state index in [2.05, 4.69) is 28.0 Å². The molecule has 1 rings (SSSR count). The van der Waals surface area contributed by atoms with Crippen LogP contribution in [-0.4, -0.2) is 29.8 Å². The monoisotopic (exact) mass is 211 g/mol. The number of imidazole rings is 1. The van der Waals surface area contributed by atoms with Crippen molar-refractivity contribution >= 4 is 0 Å². The molecule has 1 heterocycles. The van der Waals surface area contributed by atoms with Gasteiger partial charge in [-0.15, -0.1) is 0 Å². The fourth-order valence-electron chi connectivity index (χ4n) is 1.35. The van der Waals surface area contributed by atoms with Crippen LogP contribution in [0.1, 0.15) is 25.5 Å². The molecule has 86 valence electrons. The molecule has 0 unspecified atom stereocenters. The van der Waals surface area contributed by atoms with E-state index in [1.807, 2.05) is 6.33 Å². The van der Waals surface area contributed by atoms with Crippen LogP contribution in [0.2, 0.25) is 0 Å². The Morgan fingerprint density at radius 3 is 3.13 bits per heavy atom. The highest BCUT2D eigenvalue weighted by Gasteiger charge is 1.97. The van der Waals surface area contributed by atoms with E-state index in [9.17, 15) is 0 Å². The Morgan fingerprint density at radius 1 is 1.53 bits per heavy atom. The number of hydrogen-bond acceptors (Lipinski definition) is 3. The van der Waals surface area contributed by atoms with Gasteiger partial charge in [-0.3, -0.25) is 0 Å². The van der Waals surface area contributed by atoms with Gasteiger partial charge in [0.25, 0.3) is 0 Å². The summed E-state index contributed by atoms with van der Waals surface area (Å²) in [7, 11) is 1.71. The van der Waals surface area contributed by atoms with Crippen LogP contribution in [0.25, 0.3) is 0 Å². The Labute approximate surface area is 91.7 Å². The van der Waals surface area contributed by atoms with Crippen LogP contribution in [0, 0.1) is 0 Å². The Morgan fingerprint density at radius 2 is 2.40 bits per heavy atom. The molecule has 0 aliphatic carbocycles. The lowest BCUT2D eigenvalue weighted by Gasteiger charge is -2.01. The van der Waals surface area contributed by atoms with E-state index in [0.717, 1.165) is 31.9 Å². The molecular formula is C11H21N3O. The van der Waals surface area contributed by atoms with E-state index in [1.54, 1.807) is 7.11 Å². The lowest BCUT2D eigenvalue weighted by atomic mass is 10.3. The summed E-state index contributed by atoms with van der Waals surface area (Å²) in [6.45, 7) is 5.71. The number of aromatic nitrogens is 2. The molecule has 0 fully saturated rings. The molecule has 0 aliphatic rings. The molecule has 0 aromatic carbocycles. The number of methoxy groups -OCH3 is 1. The second kappa shape index (κ2) is 7.43. The first kappa shape index (κ1) is 12.2. The quantitative estimate of drug-likeness (QED) is 0.661. The Balaban J connectivity index is 2.20. The summed E-state index contributed by atoms with van der Waals surface area (Å²) in [5.74, 6) is 0. The average Bonchev–Trinajstić information content (AvgIpc) is 2.69. The number of nitrogens with one attached hydrogen (secondary N) is 1. The molecular weight excluding hydrogens is 190 g/mol. The Hall–Kier alpha value is -0.870. The van der Waals surface area contributed by atoms with Gasteiger partial charge in [0.1, 0.15) is 0 Å². The highest BCUT2D eigenvalue weighted by molar-refractivity contribution is 4.95. The van der Waals surface area contributed by atoms with E-state index in [0.29, 0.717) is 0 Å².